The molecule has 10 heteroatoms. The number of benzene rings is 1. The van der Waals surface area contributed by atoms with Crippen LogP contribution in [0.5, 0.6) is 5.75 Å². The number of carbonyl (C=O) groups excluding carboxylic acids is 1. The Kier molecular flexibility index (Phi) is 9.04. The van der Waals surface area contributed by atoms with Crippen LogP contribution in [0.4, 0.5) is 10.1 Å². The van der Waals surface area contributed by atoms with E-state index in [9.17, 15) is 19.2 Å². The summed E-state index contributed by atoms with van der Waals surface area (Å²) in [5.41, 5.74) is 0.228. The maximum atomic E-state index is 12.8. The van der Waals surface area contributed by atoms with Crippen molar-refractivity contribution in [2.75, 3.05) is 44.8 Å². The summed E-state index contributed by atoms with van der Waals surface area (Å²) in [5.74, 6) is 0.0342. The molecule has 2 N–H and O–H groups in total. The Hall–Kier alpha value is -3.16. The molecule has 1 aliphatic heterocycles. The highest BCUT2D eigenvalue weighted by atomic mass is 32.1. The van der Waals surface area contributed by atoms with Crippen LogP contribution in [0.3, 0.4) is 0 Å². The molecule has 1 aliphatic rings. The number of aromatic nitrogens is 1. The first-order chi connectivity index (χ1) is 16.1. The van der Waals surface area contributed by atoms with Crippen molar-refractivity contribution in [3.8, 4) is 11.8 Å². The number of halogens is 1. The molecule has 0 spiro atoms. The van der Waals surface area contributed by atoms with Crippen molar-refractivity contribution in [1.82, 2.24) is 14.8 Å². The summed E-state index contributed by atoms with van der Waals surface area (Å²) in [6, 6.07) is 9.29. The molecule has 33 heavy (non-hydrogen) atoms. The molecule has 176 valence electrons. The third-order valence-corrected chi connectivity index (χ3v) is 6.37. The Bertz CT molecular complexity index is 1180. The molecular formula is C23H28FN5O3S. The topological polar surface area (TPSA) is 99.4 Å². The van der Waals surface area contributed by atoms with Crippen LogP contribution < -0.4 is 30.1 Å². The molecule has 8 nitrogen and oxygen atoms in total. The van der Waals surface area contributed by atoms with Crippen LogP contribution in [0.25, 0.3) is 11.8 Å². The molecule has 1 aromatic heterocycles. The summed E-state index contributed by atoms with van der Waals surface area (Å²) >= 11 is 1.04. The van der Waals surface area contributed by atoms with Crippen molar-refractivity contribution in [2.45, 2.75) is 26.3 Å². The van der Waals surface area contributed by atoms with Crippen LogP contribution in [-0.4, -0.2) is 54.8 Å². The molecule has 1 amide bonds. The number of thiazole rings is 1. The van der Waals surface area contributed by atoms with Gasteiger partial charge in [0.25, 0.3) is 11.5 Å². The maximum Gasteiger partial charge on any atom is 0.270 e. The fourth-order valence-electron chi connectivity index (χ4n) is 3.56. The number of hydrogen-bond donors (Lipinski definition) is 2. The maximum absolute atomic E-state index is 12.8. The van der Waals surface area contributed by atoms with E-state index in [0.717, 1.165) is 42.4 Å². The lowest BCUT2D eigenvalue weighted by Gasteiger charge is -2.15. The van der Waals surface area contributed by atoms with Crippen molar-refractivity contribution in [1.29, 1.82) is 5.26 Å². The van der Waals surface area contributed by atoms with E-state index in [0.29, 0.717) is 17.7 Å². The number of nitrogens with zero attached hydrogens (tertiary/aromatic N) is 3. The van der Waals surface area contributed by atoms with Gasteiger partial charge in [0.2, 0.25) is 0 Å². The van der Waals surface area contributed by atoms with Crippen LogP contribution in [0, 0.1) is 11.3 Å². The molecule has 1 saturated heterocycles. The van der Waals surface area contributed by atoms with Gasteiger partial charge in [-0.1, -0.05) is 6.07 Å². The highest BCUT2D eigenvalue weighted by Gasteiger charge is 2.15. The predicted molar refractivity (Wildman–Crippen MR) is 127 cm³/mol. The Morgan fingerprint density at radius 2 is 2.15 bits per heavy atom. The number of amides is 1. The van der Waals surface area contributed by atoms with Gasteiger partial charge in [-0.3, -0.25) is 19.1 Å². The Labute approximate surface area is 195 Å². The molecule has 2 heterocycles. The first kappa shape index (κ1) is 24.5. The molecule has 0 bridgehead atoms. The number of anilines is 1. The van der Waals surface area contributed by atoms with Crippen molar-refractivity contribution in [3.63, 3.8) is 0 Å². The zero-order chi connectivity index (χ0) is 23.6. The zero-order valence-corrected chi connectivity index (χ0v) is 19.4. The van der Waals surface area contributed by atoms with E-state index in [4.69, 9.17) is 4.74 Å². The molecule has 3 rings (SSSR count). The Morgan fingerprint density at radius 3 is 2.85 bits per heavy atom. The monoisotopic (exact) mass is 473 g/mol. The average molecular weight is 474 g/mol. The number of likely N-dealkylation sites (tertiary alicyclic amines) is 1. The van der Waals surface area contributed by atoms with Gasteiger partial charge in [0, 0.05) is 37.6 Å². The summed E-state index contributed by atoms with van der Waals surface area (Å²) < 4.78 is 20.2. The van der Waals surface area contributed by atoms with E-state index >= 15 is 0 Å². The largest absolute Gasteiger partial charge is 0.492 e. The lowest BCUT2D eigenvalue weighted by molar-refractivity contribution is -0.115. The molecule has 0 unspecified atom stereocenters. The normalized spacial score (nSPS) is 15.2. The van der Waals surface area contributed by atoms with E-state index < -0.39 is 12.6 Å². The van der Waals surface area contributed by atoms with Crippen LogP contribution in [0.2, 0.25) is 0 Å². The minimum atomic E-state index is -0.737. The molecule has 0 aliphatic carbocycles. The average Bonchev–Trinajstić information content (AvgIpc) is 3.45. The van der Waals surface area contributed by atoms with Crippen LogP contribution in [-0.2, 0) is 11.3 Å². The van der Waals surface area contributed by atoms with Gasteiger partial charge in [0.05, 0.1) is 0 Å². The molecule has 2 aromatic rings. The van der Waals surface area contributed by atoms with E-state index in [-0.39, 0.29) is 22.3 Å². The lowest BCUT2D eigenvalue weighted by Crippen LogP contribution is -2.35. The molecule has 1 fully saturated rings. The minimum Gasteiger partial charge on any atom is -0.492 e. The van der Waals surface area contributed by atoms with Crippen molar-refractivity contribution in [3.05, 3.63) is 43.8 Å². The van der Waals surface area contributed by atoms with E-state index in [1.165, 1.54) is 17.4 Å². The number of hydrogen-bond acceptors (Lipinski definition) is 7. The molecule has 1 aromatic carbocycles. The standard InChI is InChI=1S/C23H28FN5O3S/c1-2-29-22(31)20(33-23(29)19(15-25)21(30)26-9-8-24)16-27-17-6-5-7-18(14-17)32-13-12-28-10-3-4-11-28/h5-7,14,16,27H,2-4,8-13H2,1H3,(H,26,30). The Morgan fingerprint density at radius 1 is 1.36 bits per heavy atom. The molecule has 0 saturated carbocycles. The van der Waals surface area contributed by atoms with Crippen molar-refractivity contribution >= 4 is 34.7 Å². The number of nitrogens with one attached hydrogen (secondary N) is 2. The molecule has 0 radical (unpaired) electrons. The first-order valence-electron chi connectivity index (χ1n) is 11.0. The summed E-state index contributed by atoms with van der Waals surface area (Å²) in [4.78, 5) is 27.4. The smallest absolute Gasteiger partial charge is 0.270 e. The Balaban J connectivity index is 1.78. The summed E-state index contributed by atoms with van der Waals surface area (Å²) in [6.07, 6.45) is 4.05. The van der Waals surface area contributed by atoms with E-state index in [1.807, 2.05) is 30.3 Å². The second-order valence-electron chi connectivity index (χ2n) is 7.47. The first-order valence-corrected chi connectivity index (χ1v) is 11.8. The van der Waals surface area contributed by atoms with Crippen LogP contribution in [0.1, 0.15) is 19.8 Å². The van der Waals surface area contributed by atoms with Gasteiger partial charge in [-0.05, 0) is 45.0 Å². The summed E-state index contributed by atoms with van der Waals surface area (Å²) in [5, 5.41) is 14.9. The third-order valence-electron chi connectivity index (χ3n) is 5.24. The third kappa shape index (κ3) is 6.43. The fourth-order valence-corrected chi connectivity index (χ4v) is 4.65. The SMILES string of the molecule is CCn1c(=C(C#N)C(=O)NCCF)sc(=CNc2cccc(OCCN3CCCC3)c2)c1=O. The number of ether oxygens (including phenoxy) is 1. The number of rotatable bonds is 10. The number of carbonyl (C=O) groups is 1. The number of alkyl halides is 1. The van der Waals surface area contributed by atoms with Crippen LogP contribution in [0.15, 0.2) is 29.1 Å². The second kappa shape index (κ2) is 12.2. The summed E-state index contributed by atoms with van der Waals surface area (Å²) in [6.45, 7) is 4.88. The van der Waals surface area contributed by atoms with Gasteiger partial charge in [-0.25, -0.2) is 4.39 Å². The van der Waals surface area contributed by atoms with Crippen molar-refractivity contribution in [2.24, 2.45) is 0 Å². The molecule has 0 atom stereocenters. The van der Waals surface area contributed by atoms with Gasteiger partial charge < -0.3 is 15.4 Å². The van der Waals surface area contributed by atoms with Gasteiger partial charge in [0.15, 0.2) is 5.57 Å². The summed E-state index contributed by atoms with van der Waals surface area (Å²) in [7, 11) is 0. The van der Waals surface area contributed by atoms with Crippen LogP contribution >= 0.6 is 11.3 Å². The lowest BCUT2D eigenvalue weighted by atomic mass is 10.3. The van der Waals surface area contributed by atoms with E-state index in [2.05, 4.69) is 15.5 Å². The van der Waals surface area contributed by atoms with E-state index in [1.54, 1.807) is 13.1 Å². The highest BCUT2D eigenvalue weighted by molar-refractivity contribution is 7.07. The molecular weight excluding hydrogens is 445 g/mol. The second-order valence-corrected chi connectivity index (χ2v) is 8.50. The quantitative estimate of drug-likeness (QED) is 0.535. The van der Waals surface area contributed by atoms with Gasteiger partial charge in [-0.15, -0.1) is 11.3 Å². The zero-order valence-electron chi connectivity index (χ0n) is 18.6. The highest BCUT2D eigenvalue weighted by Crippen LogP contribution is 2.17. The van der Waals surface area contributed by atoms with Crippen molar-refractivity contribution < 1.29 is 13.9 Å². The number of nitriles is 1. The fraction of sp³-hybridized carbons (Fsp3) is 0.435. The van der Waals surface area contributed by atoms with Gasteiger partial charge in [-0.2, -0.15) is 5.26 Å². The van der Waals surface area contributed by atoms with Gasteiger partial charge >= 0.3 is 0 Å². The predicted octanol–water partition coefficient (Wildman–Crippen LogP) is 1.01. The van der Waals surface area contributed by atoms with Gasteiger partial charge in [0.1, 0.15) is 34.3 Å². The minimum absolute atomic E-state index is 0.192.